The van der Waals surface area contributed by atoms with Gasteiger partial charge in [-0.2, -0.15) is 13.2 Å². The Bertz CT molecular complexity index is 1110. The minimum atomic E-state index is -4.43. The highest BCUT2D eigenvalue weighted by molar-refractivity contribution is 5.75. The Balaban J connectivity index is 1.71. The van der Waals surface area contributed by atoms with Gasteiger partial charge in [0.05, 0.1) is 17.4 Å². The van der Waals surface area contributed by atoms with Crippen molar-refractivity contribution in [3.8, 4) is 0 Å². The minimum Gasteiger partial charge on any atom is -0.388 e. The lowest BCUT2D eigenvalue weighted by molar-refractivity contribution is -0.137. The normalized spacial score (nSPS) is 23.3. The van der Waals surface area contributed by atoms with E-state index in [1.165, 1.54) is 12.1 Å². The lowest BCUT2D eigenvalue weighted by Crippen LogP contribution is -2.30. The van der Waals surface area contributed by atoms with Crippen molar-refractivity contribution in [3.63, 3.8) is 0 Å². The van der Waals surface area contributed by atoms with Crippen molar-refractivity contribution >= 4 is 5.57 Å². The summed E-state index contributed by atoms with van der Waals surface area (Å²) >= 11 is 0. The molecule has 182 valence electrons. The van der Waals surface area contributed by atoms with E-state index in [1.807, 2.05) is 0 Å². The van der Waals surface area contributed by atoms with E-state index < -0.39 is 23.9 Å². The molecule has 6 heteroatoms. The number of nitrogens with zero attached hydrogens (tertiary/aromatic N) is 1. The lowest BCUT2D eigenvalue weighted by Gasteiger charge is -2.39. The van der Waals surface area contributed by atoms with E-state index in [1.54, 1.807) is 0 Å². The Kier molecular flexibility index (Phi) is 5.88. The summed E-state index contributed by atoms with van der Waals surface area (Å²) in [4.78, 5) is 5.09. The molecule has 2 unspecified atom stereocenters. The van der Waals surface area contributed by atoms with E-state index >= 15 is 0 Å². The molecule has 2 N–H and O–H groups in total. The molecule has 1 aromatic heterocycles. The number of hydrogen-bond acceptors (Lipinski definition) is 3. The maximum Gasteiger partial charge on any atom is 0.416 e. The number of aromatic nitrogens is 1. The molecule has 0 amide bonds. The van der Waals surface area contributed by atoms with Crippen LogP contribution in [0.4, 0.5) is 13.2 Å². The van der Waals surface area contributed by atoms with Gasteiger partial charge in [0.25, 0.3) is 0 Å². The molecule has 5 rings (SSSR count). The summed E-state index contributed by atoms with van der Waals surface area (Å²) < 4.78 is 39.4. The van der Waals surface area contributed by atoms with Gasteiger partial charge in [-0.1, -0.05) is 38.5 Å². The molecule has 0 saturated heterocycles. The zero-order valence-electron chi connectivity index (χ0n) is 19.8. The predicted octanol–water partition coefficient (Wildman–Crippen LogP) is 7.02. The molecular formula is C28H32F3NO2. The number of aliphatic hydroxyl groups excluding tert-OH is 2. The fourth-order valence-corrected chi connectivity index (χ4v) is 5.86. The van der Waals surface area contributed by atoms with Gasteiger partial charge in [0, 0.05) is 22.7 Å². The molecule has 1 heterocycles. The fraction of sp³-hybridized carbons (Fsp3) is 0.536. The molecule has 3 nitrogen and oxygen atoms in total. The fourth-order valence-electron chi connectivity index (χ4n) is 5.86. The number of aliphatic hydroxyl groups is 2. The van der Waals surface area contributed by atoms with Crippen LogP contribution in [0.25, 0.3) is 5.57 Å². The van der Waals surface area contributed by atoms with E-state index in [4.69, 9.17) is 4.98 Å². The predicted molar refractivity (Wildman–Crippen MR) is 125 cm³/mol. The van der Waals surface area contributed by atoms with Gasteiger partial charge in [-0.3, -0.25) is 4.98 Å². The Hall–Kier alpha value is -2.18. The third-order valence-electron chi connectivity index (χ3n) is 7.79. The smallest absolute Gasteiger partial charge is 0.388 e. The molecule has 2 atom stereocenters. The van der Waals surface area contributed by atoms with Gasteiger partial charge in [-0.15, -0.1) is 0 Å². The van der Waals surface area contributed by atoms with Crippen LogP contribution in [0.2, 0.25) is 0 Å². The first-order valence-electron chi connectivity index (χ1n) is 12.3. The van der Waals surface area contributed by atoms with Crippen molar-refractivity contribution in [1.29, 1.82) is 0 Å². The minimum absolute atomic E-state index is 0.0782. The third-order valence-corrected chi connectivity index (χ3v) is 7.79. The van der Waals surface area contributed by atoms with Crippen LogP contribution < -0.4 is 0 Å². The number of fused-ring (bicyclic) bond motifs is 1. The molecular weight excluding hydrogens is 439 g/mol. The summed E-state index contributed by atoms with van der Waals surface area (Å²) in [5.41, 5.74) is 4.92. The molecule has 0 aliphatic heterocycles. The quantitative estimate of drug-likeness (QED) is 0.504. The van der Waals surface area contributed by atoms with E-state index in [9.17, 15) is 23.4 Å². The number of alkyl halides is 3. The lowest BCUT2D eigenvalue weighted by atomic mass is 9.70. The van der Waals surface area contributed by atoms with Crippen molar-refractivity contribution in [2.45, 2.75) is 89.5 Å². The number of halogens is 3. The molecule has 0 bridgehead atoms. The molecule has 3 aliphatic rings. The van der Waals surface area contributed by atoms with Crippen LogP contribution in [0.1, 0.15) is 116 Å². The summed E-state index contributed by atoms with van der Waals surface area (Å²) in [6, 6.07) is 4.78. The number of hydrogen-bond donors (Lipinski definition) is 2. The van der Waals surface area contributed by atoms with Gasteiger partial charge in [-0.05, 0) is 79.2 Å². The van der Waals surface area contributed by atoms with E-state index in [2.05, 4.69) is 19.9 Å². The second-order valence-corrected chi connectivity index (χ2v) is 11.0. The highest BCUT2D eigenvalue weighted by Crippen LogP contribution is 2.50. The van der Waals surface area contributed by atoms with Gasteiger partial charge in [0.1, 0.15) is 6.10 Å². The Labute approximate surface area is 198 Å². The second-order valence-electron chi connectivity index (χ2n) is 11.0. The van der Waals surface area contributed by atoms with Crippen LogP contribution in [-0.2, 0) is 12.6 Å². The van der Waals surface area contributed by atoms with Gasteiger partial charge in [-0.25, -0.2) is 0 Å². The van der Waals surface area contributed by atoms with Crippen molar-refractivity contribution in [2.75, 3.05) is 0 Å². The van der Waals surface area contributed by atoms with Crippen LogP contribution in [0, 0.1) is 5.41 Å². The first kappa shape index (κ1) is 23.6. The van der Waals surface area contributed by atoms with Crippen molar-refractivity contribution in [3.05, 3.63) is 69.5 Å². The SMILES string of the molecule is CC1(C)Cc2nc(C3CCC3)c(C(O)c3ccc(C(F)(F)F)cc3)c(C3=CCCC3)c2C(O)C1. The summed E-state index contributed by atoms with van der Waals surface area (Å²) in [5, 5.41) is 22.9. The van der Waals surface area contributed by atoms with Crippen molar-refractivity contribution in [1.82, 2.24) is 4.98 Å². The number of rotatable bonds is 4. The van der Waals surface area contributed by atoms with Crippen LogP contribution in [0.5, 0.6) is 0 Å². The number of benzene rings is 1. The summed E-state index contributed by atoms with van der Waals surface area (Å²) in [5.74, 6) is 0.229. The monoisotopic (exact) mass is 471 g/mol. The van der Waals surface area contributed by atoms with E-state index in [0.29, 0.717) is 17.5 Å². The van der Waals surface area contributed by atoms with E-state index in [-0.39, 0.29) is 11.3 Å². The summed E-state index contributed by atoms with van der Waals surface area (Å²) in [6.07, 6.45) is 3.26. The first-order valence-corrected chi connectivity index (χ1v) is 12.3. The standard InChI is InChI=1S/C28H32F3NO2/c1-27(2)14-20-23(21(33)15-27)22(16-6-3-4-7-16)24(25(32-20)17-8-5-9-17)26(34)18-10-12-19(13-11-18)28(29,30)31/h6,10-13,17,21,26,33-34H,3-5,7-9,14-15H2,1-2H3. The Morgan fingerprint density at radius 2 is 1.79 bits per heavy atom. The largest absolute Gasteiger partial charge is 0.416 e. The van der Waals surface area contributed by atoms with Crippen LogP contribution >= 0.6 is 0 Å². The Morgan fingerprint density at radius 3 is 2.35 bits per heavy atom. The molecule has 3 aliphatic carbocycles. The number of allylic oxidation sites excluding steroid dienone is 2. The van der Waals surface area contributed by atoms with E-state index in [0.717, 1.165) is 85.2 Å². The van der Waals surface area contributed by atoms with Gasteiger partial charge in [0.2, 0.25) is 0 Å². The van der Waals surface area contributed by atoms with Crippen LogP contribution in [0.3, 0.4) is 0 Å². The van der Waals surface area contributed by atoms with Gasteiger partial charge < -0.3 is 10.2 Å². The molecule has 1 aromatic carbocycles. The van der Waals surface area contributed by atoms with Crippen molar-refractivity contribution in [2.24, 2.45) is 5.41 Å². The second kappa shape index (κ2) is 8.49. The average molecular weight is 472 g/mol. The van der Waals surface area contributed by atoms with Crippen LogP contribution in [0.15, 0.2) is 30.3 Å². The Morgan fingerprint density at radius 1 is 1.09 bits per heavy atom. The highest BCUT2D eigenvalue weighted by atomic mass is 19.4. The first-order chi connectivity index (χ1) is 16.0. The van der Waals surface area contributed by atoms with Gasteiger partial charge >= 0.3 is 6.18 Å². The molecule has 1 fully saturated rings. The van der Waals surface area contributed by atoms with Crippen LogP contribution in [-0.4, -0.2) is 15.2 Å². The van der Waals surface area contributed by atoms with Crippen molar-refractivity contribution < 1.29 is 23.4 Å². The molecule has 2 aromatic rings. The maximum atomic E-state index is 13.1. The molecule has 0 spiro atoms. The number of pyridine rings is 1. The highest BCUT2D eigenvalue weighted by Gasteiger charge is 2.40. The molecule has 34 heavy (non-hydrogen) atoms. The zero-order valence-corrected chi connectivity index (χ0v) is 19.8. The summed E-state index contributed by atoms with van der Waals surface area (Å²) in [7, 11) is 0. The topological polar surface area (TPSA) is 53.4 Å². The third kappa shape index (κ3) is 4.20. The summed E-state index contributed by atoms with van der Waals surface area (Å²) in [6.45, 7) is 4.28. The van der Waals surface area contributed by atoms with Gasteiger partial charge in [0.15, 0.2) is 0 Å². The molecule has 0 radical (unpaired) electrons. The molecule has 1 saturated carbocycles. The zero-order chi connectivity index (χ0) is 24.3. The average Bonchev–Trinajstić information content (AvgIpc) is 3.24. The maximum absolute atomic E-state index is 13.1.